The maximum absolute atomic E-state index is 12.5. The van der Waals surface area contributed by atoms with E-state index in [4.69, 9.17) is 4.74 Å². The molecule has 0 aliphatic heterocycles. The lowest BCUT2D eigenvalue weighted by Gasteiger charge is -2.19. The standard InChI is InChI=1S/C24H27N3O5S/c1-24(2,3)32-23(29)27-21-14-13-20(26-22(21)28)19-12-8-7-9-17(19)15-16-25-33(30,31)18-10-5-4-6-11-18/h4-14,25H,15-16H2,1-3H3,(H,26,28)(H,27,29). The van der Waals surface area contributed by atoms with E-state index in [1.54, 1.807) is 45.0 Å². The molecular formula is C24H27N3O5S. The van der Waals surface area contributed by atoms with Crippen LogP contribution in [-0.2, 0) is 21.2 Å². The summed E-state index contributed by atoms with van der Waals surface area (Å²) in [7, 11) is -3.60. The average Bonchev–Trinajstić information content (AvgIpc) is 2.75. The minimum atomic E-state index is -3.60. The number of ether oxygens (including phenoxy) is 1. The second-order valence-corrected chi connectivity index (χ2v) is 10.1. The first kappa shape index (κ1) is 24.2. The number of pyridine rings is 1. The largest absolute Gasteiger partial charge is 0.444 e. The summed E-state index contributed by atoms with van der Waals surface area (Å²) < 4.78 is 32.6. The van der Waals surface area contributed by atoms with Gasteiger partial charge in [0, 0.05) is 17.8 Å². The molecular weight excluding hydrogens is 442 g/mol. The van der Waals surface area contributed by atoms with Gasteiger partial charge < -0.3 is 9.72 Å². The molecule has 1 aromatic heterocycles. The van der Waals surface area contributed by atoms with Gasteiger partial charge in [0.15, 0.2) is 0 Å². The molecule has 1 heterocycles. The second-order valence-electron chi connectivity index (χ2n) is 8.36. The zero-order chi connectivity index (χ0) is 24.1. The van der Waals surface area contributed by atoms with Gasteiger partial charge in [0.05, 0.1) is 4.90 Å². The van der Waals surface area contributed by atoms with Gasteiger partial charge in [0.25, 0.3) is 5.56 Å². The van der Waals surface area contributed by atoms with Gasteiger partial charge in [-0.1, -0.05) is 42.5 Å². The van der Waals surface area contributed by atoms with Crippen LogP contribution < -0.4 is 15.6 Å². The van der Waals surface area contributed by atoms with Crippen LogP contribution >= 0.6 is 0 Å². The highest BCUT2D eigenvalue weighted by molar-refractivity contribution is 7.89. The van der Waals surface area contributed by atoms with Crippen molar-refractivity contribution in [2.45, 2.75) is 37.7 Å². The number of aromatic nitrogens is 1. The van der Waals surface area contributed by atoms with Crippen LogP contribution in [0.4, 0.5) is 10.5 Å². The van der Waals surface area contributed by atoms with Crippen LogP contribution in [0.3, 0.4) is 0 Å². The van der Waals surface area contributed by atoms with Crippen molar-refractivity contribution in [1.82, 2.24) is 9.71 Å². The summed E-state index contributed by atoms with van der Waals surface area (Å²) in [4.78, 5) is 27.4. The summed E-state index contributed by atoms with van der Waals surface area (Å²) >= 11 is 0. The lowest BCUT2D eigenvalue weighted by atomic mass is 10.0. The number of H-pyrrole nitrogens is 1. The van der Waals surface area contributed by atoms with Crippen molar-refractivity contribution < 1.29 is 17.9 Å². The van der Waals surface area contributed by atoms with Gasteiger partial charge in [-0.15, -0.1) is 0 Å². The summed E-state index contributed by atoms with van der Waals surface area (Å²) in [5.74, 6) is 0. The van der Waals surface area contributed by atoms with Crippen molar-refractivity contribution in [3.05, 3.63) is 82.6 Å². The normalized spacial score (nSPS) is 11.7. The number of carbonyl (C=O) groups is 1. The predicted octanol–water partition coefficient (Wildman–Crippen LogP) is 3.91. The molecule has 9 heteroatoms. The summed E-state index contributed by atoms with van der Waals surface area (Å²) in [6.07, 6.45) is -0.297. The first-order valence-corrected chi connectivity index (χ1v) is 11.9. The molecule has 0 aliphatic carbocycles. The Labute approximate surface area is 193 Å². The highest BCUT2D eigenvalue weighted by Crippen LogP contribution is 2.22. The third-order valence-electron chi connectivity index (χ3n) is 4.59. The van der Waals surface area contributed by atoms with Gasteiger partial charge in [-0.05, 0) is 57.0 Å². The molecule has 0 saturated carbocycles. The quantitative estimate of drug-likeness (QED) is 0.485. The Morgan fingerprint density at radius 3 is 2.30 bits per heavy atom. The number of carbonyl (C=O) groups excluding carboxylic acids is 1. The number of hydrogen-bond acceptors (Lipinski definition) is 5. The SMILES string of the molecule is CC(C)(C)OC(=O)Nc1ccc(-c2ccccc2CCNS(=O)(=O)c2ccccc2)[nH]c1=O. The highest BCUT2D eigenvalue weighted by Gasteiger charge is 2.18. The van der Waals surface area contributed by atoms with Gasteiger partial charge in [-0.25, -0.2) is 17.9 Å². The topological polar surface area (TPSA) is 117 Å². The van der Waals surface area contributed by atoms with E-state index in [1.807, 2.05) is 24.3 Å². The summed E-state index contributed by atoms with van der Waals surface area (Å²) in [5.41, 5.74) is 1.09. The van der Waals surface area contributed by atoms with Gasteiger partial charge in [-0.2, -0.15) is 0 Å². The molecule has 0 unspecified atom stereocenters. The predicted molar refractivity (Wildman–Crippen MR) is 128 cm³/mol. The molecule has 174 valence electrons. The number of anilines is 1. The fourth-order valence-corrected chi connectivity index (χ4v) is 4.20. The molecule has 0 radical (unpaired) electrons. The monoisotopic (exact) mass is 469 g/mol. The molecule has 0 saturated heterocycles. The summed E-state index contributed by atoms with van der Waals surface area (Å²) in [6.45, 7) is 5.39. The smallest absolute Gasteiger partial charge is 0.412 e. The lowest BCUT2D eigenvalue weighted by molar-refractivity contribution is 0.0635. The number of aromatic amines is 1. The van der Waals surface area contributed by atoms with E-state index in [-0.39, 0.29) is 17.1 Å². The molecule has 3 rings (SSSR count). The third kappa shape index (κ3) is 6.77. The molecule has 33 heavy (non-hydrogen) atoms. The van der Waals surface area contributed by atoms with Crippen LogP contribution in [0.5, 0.6) is 0 Å². The Morgan fingerprint density at radius 1 is 0.970 bits per heavy atom. The number of amides is 1. The number of sulfonamides is 1. The van der Waals surface area contributed by atoms with E-state index in [2.05, 4.69) is 15.0 Å². The summed E-state index contributed by atoms with van der Waals surface area (Å²) in [5, 5.41) is 2.44. The number of nitrogens with one attached hydrogen (secondary N) is 3. The number of rotatable bonds is 7. The third-order valence-corrected chi connectivity index (χ3v) is 6.07. The van der Waals surface area contributed by atoms with Gasteiger partial charge in [0.1, 0.15) is 11.3 Å². The Morgan fingerprint density at radius 2 is 1.64 bits per heavy atom. The molecule has 0 atom stereocenters. The van der Waals surface area contributed by atoms with Gasteiger partial charge in [-0.3, -0.25) is 10.1 Å². The van der Waals surface area contributed by atoms with Crippen molar-refractivity contribution >= 4 is 21.8 Å². The lowest BCUT2D eigenvalue weighted by Crippen LogP contribution is -2.29. The minimum absolute atomic E-state index is 0.0705. The van der Waals surface area contributed by atoms with Crippen molar-refractivity contribution in [3.63, 3.8) is 0 Å². The Bertz CT molecular complexity index is 1280. The Hall–Kier alpha value is -3.43. The van der Waals surface area contributed by atoms with Crippen molar-refractivity contribution in [2.24, 2.45) is 0 Å². The first-order valence-electron chi connectivity index (χ1n) is 10.4. The van der Waals surface area contributed by atoms with Crippen molar-refractivity contribution in [2.75, 3.05) is 11.9 Å². The average molecular weight is 470 g/mol. The van der Waals surface area contributed by atoms with Crippen molar-refractivity contribution in [3.8, 4) is 11.3 Å². The molecule has 0 spiro atoms. The van der Waals surface area contributed by atoms with E-state index < -0.39 is 27.3 Å². The number of benzene rings is 2. The van der Waals surface area contributed by atoms with Crippen LogP contribution in [0.2, 0.25) is 0 Å². The van der Waals surface area contributed by atoms with Crippen molar-refractivity contribution in [1.29, 1.82) is 0 Å². The van der Waals surface area contributed by atoms with Gasteiger partial charge >= 0.3 is 6.09 Å². The Kier molecular flexibility index (Phi) is 7.35. The number of hydrogen-bond donors (Lipinski definition) is 3. The van der Waals surface area contributed by atoms with E-state index in [0.717, 1.165) is 11.1 Å². The minimum Gasteiger partial charge on any atom is -0.444 e. The molecule has 1 amide bonds. The maximum Gasteiger partial charge on any atom is 0.412 e. The highest BCUT2D eigenvalue weighted by atomic mass is 32.2. The molecule has 0 aliphatic rings. The van der Waals surface area contributed by atoms with Gasteiger partial charge in [0.2, 0.25) is 10.0 Å². The van der Waals surface area contributed by atoms with Crippen LogP contribution in [0.25, 0.3) is 11.3 Å². The summed E-state index contributed by atoms with van der Waals surface area (Å²) in [6, 6.07) is 18.7. The van der Waals surface area contributed by atoms with E-state index in [9.17, 15) is 18.0 Å². The van der Waals surface area contributed by atoms with Crippen LogP contribution in [0.15, 0.2) is 76.4 Å². The molecule has 0 fully saturated rings. The zero-order valence-corrected chi connectivity index (χ0v) is 19.5. The molecule has 2 aromatic carbocycles. The van der Waals surface area contributed by atoms with E-state index in [1.165, 1.54) is 18.2 Å². The molecule has 0 bridgehead atoms. The molecule has 3 aromatic rings. The zero-order valence-electron chi connectivity index (χ0n) is 18.7. The first-order chi connectivity index (χ1) is 15.5. The van der Waals surface area contributed by atoms with E-state index in [0.29, 0.717) is 12.1 Å². The molecule has 8 nitrogen and oxygen atoms in total. The van der Waals surface area contributed by atoms with Crippen LogP contribution in [-0.4, -0.2) is 31.6 Å². The Balaban J connectivity index is 1.73. The fraction of sp³-hybridized carbons (Fsp3) is 0.250. The second kappa shape index (κ2) is 10.0. The maximum atomic E-state index is 12.5. The van der Waals surface area contributed by atoms with E-state index >= 15 is 0 Å². The fourth-order valence-electron chi connectivity index (χ4n) is 3.15. The van der Waals surface area contributed by atoms with Crippen LogP contribution in [0, 0.1) is 0 Å². The molecule has 3 N–H and O–H groups in total. The van der Waals surface area contributed by atoms with Crippen LogP contribution in [0.1, 0.15) is 26.3 Å².